The van der Waals surface area contributed by atoms with Gasteiger partial charge in [0.15, 0.2) is 0 Å². The minimum atomic E-state index is -0.422. The summed E-state index contributed by atoms with van der Waals surface area (Å²) in [6.45, 7) is 2.49. The molecule has 1 aromatic carbocycles. The second-order valence-electron chi connectivity index (χ2n) is 4.36. The average Bonchev–Trinajstić information content (AvgIpc) is 2.68. The molecule has 4 nitrogen and oxygen atoms in total. The predicted octanol–water partition coefficient (Wildman–Crippen LogP) is 0.852. The zero-order chi connectivity index (χ0) is 12.1. The number of hydrogen-bond donors (Lipinski definition) is 1. The maximum absolute atomic E-state index is 9.84. The summed E-state index contributed by atoms with van der Waals surface area (Å²) in [5.41, 5.74) is 1.26. The van der Waals surface area contributed by atoms with E-state index in [1.807, 2.05) is 18.2 Å². The maximum Gasteiger partial charge on any atom is 0.146 e. The van der Waals surface area contributed by atoms with Crippen LogP contribution in [0.3, 0.4) is 0 Å². The largest absolute Gasteiger partial charge is 0.389 e. The lowest BCUT2D eigenvalue weighted by Gasteiger charge is -2.15. The molecule has 1 fully saturated rings. The molecule has 0 amide bonds. The van der Waals surface area contributed by atoms with E-state index in [2.05, 4.69) is 17.0 Å². The number of likely N-dealkylation sites (tertiary alicyclic amines) is 1. The Morgan fingerprint density at radius 3 is 2.76 bits per heavy atom. The van der Waals surface area contributed by atoms with Gasteiger partial charge < -0.3 is 14.6 Å². The standard InChI is InChI=1S/C13H19NO3/c1-16-10-17-13-9-14(8-12(13)15)7-11-5-3-2-4-6-11/h2-6,12-13,15H,7-10H2,1H3/t12-,13-/m1/s1. The number of nitrogens with zero attached hydrogens (tertiary/aromatic N) is 1. The minimum absolute atomic E-state index is 0.140. The Bertz CT molecular complexity index is 331. The lowest BCUT2D eigenvalue weighted by Crippen LogP contribution is -2.27. The number of rotatable bonds is 5. The molecule has 1 heterocycles. The van der Waals surface area contributed by atoms with Crippen molar-refractivity contribution in [1.29, 1.82) is 0 Å². The number of ether oxygens (including phenoxy) is 2. The van der Waals surface area contributed by atoms with Gasteiger partial charge in [-0.05, 0) is 5.56 Å². The molecule has 1 aliphatic rings. The third-order valence-electron chi connectivity index (χ3n) is 2.96. The van der Waals surface area contributed by atoms with Crippen molar-refractivity contribution in [3.05, 3.63) is 35.9 Å². The molecular formula is C13H19NO3. The normalized spacial score (nSPS) is 25.3. The van der Waals surface area contributed by atoms with Crippen LogP contribution in [-0.2, 0) is 16.0 Å². The highest BCUT2D eigenvalue weighted by Gasteiger charge is 2.31. The van der Waals surface area contributed by atoms with Crippen molar-refractivity contribution in [3.63, 3.8) is 0 Å². The van der Waals surface area contributed by atoms with E-state index in [1.54, 1.807) is 7.11 Å². The van der Waals surface area contributed by atoms with E-state index in [0.29, 0.717) is 6.54 Å². The van der Waals surface area contributed by atoms with Gasteiger partial charge in [-0.1, -0.05) is 30.3 Å². The van der Waals surface area contributed by atoms with Gasteiger partial charge in [0.25, 0.3) is 0 Å². The van der Waals surface area contributed by atoms with E-state index < -0.39 is 6.10 Å². The van der Waals surface area contributed by atoms with Crippen molar-refractivity contribution in [2.45, 2.75) is 18.8 Å². The van der Waals surface area contributed by atoms with Crippen molar-refractivity contribution in [2.75, 3.05) is 27.0 Å². The van der Waals surface area contributed by atoms with Crippen LogP contribution < -0.4 is 0 Å². The number of hydrogen-bond acceptors (Lipinski definition) is 4. The molecule has 0 bridgehead atoms. The van der Waals surface area contributed by atoms with Gasteiger partial charge in [0, 0.05) is 26.7 Å². The van der Waals surface area contributed by atoms with Crippen LogP contribution in [0.2, 0.25) is 0 Å². The molecule has 0 aromatic heterocycles. The highest BCUT2D eigenvalue weighted by Crippen LogP contribution is 2.16. The van der Waals surface area contributed by atoms with Crippen molar-refractivity contribution in [3.8, 4) is 0 Å². The van der Waals surface area contributed by atoms with Crippen molar-refractivity contribution in [1.82, 2.24) is 4.90 Å². The minimum Gasteiger partial charge on any atom is -0.389 e. The molecule has 1 aliphatic heterocycles. The fourth-order valence-electron chi connectivity index (χ4n) is 2.12. The Kier molecular flexibility index (Phi) is 4.50. The number of methoxy groups -OCH3 is 1. The fraction of sp³-hybridized carbons (Fsp3) is 0.538. The van der Waals surface area contributed by atoms with Gasteiger partial charge in [0.1, 0.15) is 12.9 Å². The van der Waals surface area contributed by atoms with Crippen LogP contribution in [0.5, 0.6) is 0 Å². The molecule has 94 valence electrons. The van der Waals surface area contributed by atoms with Crippen LogP contribution in [-0.4, -0.2) is 49.2 Å². The second kappa shape index (κ2) is 6.12. The molecule has 1 N–H and O–H groups in total. The molecule has 0 saturated carbocycles. The highest BCUT2D eigenvalue weighted by atomic mass is 16.7. The first-order chi connectivity index (χ1) is 8.29. The summed E-state index contributed by atoms with van der Waals surface area (Å²) in [5, 5.41) is 9.84. The lowest BCUT2D eigenvalue weighted by atomic mass is 10.2. The second-order valence-corrected chi connectivity index (χ2v) is 4.36. The summed E-state index contributed by atoms with van der Waals surface area (Å²) >= 11 is 0. The third-order valence-corrected chi connectivity index (χ3v) is 2.96. The van der Waals surface area contributed by atoms with Gasteiger partial charge >= 0.3 is 0 Å². The van der Waals surface area contributed by atoms with Crippen LogP contribution in [0.25, 0.3) is 0 Å². The van der Waals surface area contributed by atoms with E-state index in [4.69, 9.17) is 9.47 Å². The van der Waals surface area contributed by atoms with Crippen LogP contribution in [0.4, 0.5) is 0 Å². The Hall–Kier alpha value is -0.940. The zero-order valence-electron chi connectivity index (χ0n) is 10.1. The molecule has 1 saturated heterocycles. The lowest BCUT2D eigenvalue weighted by molar-refractivity contribution is -0.0956. The summed E-state index contributed by atoms with van der Waals surface area (Å²) in [6, 6.07) is 10.2. The molecule has 2 atom stereocenters. The van der Waals surface area contributed by atoms with Crippen molar-refractivity contribution in [2.24, 2.45) is 0 Å². The van der Waals surface area contributed by atoms with Crippen molar-refractivity contribution >= 4 is 0 Å². The van der Waals surface area contributed by atoms with Crippen molar-refractivity contribution < 1.29 is 14.6 Å². The van der Waals surface area contributed by atoms with Crippen LogP contribution in [0.1, 0.15) is 5.56 Å². The van der Waals surface area contributed by atoms with E-state index in [0.717, 1.165) is 13.1 Å². The number of aliphatic hydroxyl groups excluding tert-OH is 1. The summed E-state index contributed by atoms with van der Waals surface area (Å²) in [6.07, 6.45) is -0.562. The van der Waals surface area contributed by atoms with E-state index in [1.165, 1.54) is 5.56 Å². The topological polar surface area (TPSA) is 41.9 Å². The Labute approximate surface area is 102 Å². The first-order valence-electron chi connectivity index (χ1n) is 5.84. The molecule has 0 radical (unpaired) electrons. The quantitative estimate of drug-likeness (QED) is 0.771. The van der Waals surface area contributed by atoms with E-state index in [-0.39, 0.29) is 12.9 Å². The maximum atomic E-state index is 9.84. The van der Waals surface area contributed by atoms with Crippen LogP contribution in [0.15, 0.2) is 30.3 Å². The number of aliphatic hydroxyl groups is 1. The van der Waals surface area contributed by atoms with E-state index in [9.17, 15) is 5.11 Å². The Morgan fingerprint density at radius 2 is 2.06 bits per heavy atom. The van der Waals surface area contributed by atoms with Gasteiger partial charge in [0.2, 0.25) is 0 Å². The fourth-order valence-corrected chi connectivity index (χ4v) is 2.12. The molecule has 17 heavy (non-hydrogen) atoms. The Morgan fingerprint density at radius 1 is 1.29 bits per heavy atom. The third kappa shape index (κ3) is 3.51. The summed E-state index contributed by atoms with van der Waals surface area (Å²) < 4.78 is 10.3. The highest BCUT2D eigenvalue weighted by molar-refractivity contribution is 5.14. The van der Waals surface area contributed by atoms with Gasteiger partial charge in [-0.3, -0.25) is 4.90 Å². The molecule has 4 heteroatoms. The van der Waals surface area contributed by atoms with Gasteiger partial charge in [-0.25, -0.2) is 0 Å². The summed E-state index contributed by atoms with van der Waals surface area (Å²) in [7, 11) is 1.59. The molecular weight excluding hydrogens is 218 g/mol. The monoisotopic (exact) mass is 237 g/mol. The summed E-state index contributed by atoms with van der Waals surface area (Å²) in [5.74, 6) is 0. The van der Waals surface area contributed by atoms with Gasteiger partial charge in [-0.15, -0.1) is 0 Å². The average molecular weight is 237 g/mol. The smallest absolute Gasteiger partial charge is 0.146 e. The predicted molar refractivity (Wildman–Crippen MR) is 64.5 cm³/mol. The molecule has 2 rings (SSSR count). The molecule has 0 unspecified atom stereocenters. The van der Waals surface area contributed by atoms with Crippen LogP contribution >= 0.6 is 0 Å². The first-order valence-corrected chi connectivity index (χ1v) is 5.84. The molecule has 0 aliphatic carbocycles. The first kappa shape index (κ1) is 12.5. The number of benzene rings is 1. The van der Waals surface area contributed by atoms with Gasteiger partial charge in [-0.2, -0.15) is 0 Å². The van der Waals surface area contributed by atoms with E-state index >= 15 is 0 Å². The SMILES string of the molecule is COCO[C@@H]1CN(Cc2ccccc2)C[C@H]1O. The summed E-state index contributed by atoms with van der Waals surface area (Å²) in [4.78, 5) is 2.19. The molecule has 0 spiro atoms. The molecule has 1 aromatic rings. The van der Waals surface area contributed by atoms with Gasteiger partial charge in [0.05, 0.1) is 6.10 Å². The van der Waals surface area contributed by atoms with Crippen LogP contribution in [0, 0.1) is 0 Å². The Balaban J connectivity index is 1.84. The zero-order valence-corrected chi connectivity index (χ0v) is 10.1. The number of β-amino-alcohol motifs (C(OH)–C–C–N with tert-alkyl or cyclic N) is 1.